The average molecular weight is 247 g/mol. The molecule has 0 atom stereocenters. The molecule has 0 amide bonds. The number of nitrogens with one attached hydrogen (secondary N) is 1. The Morgan fingerprint density at radius 3 is 2.67 bits per heavy atom. The lowest BCUT2D eigenvalue weighted by atomic mass is 10.1. The fourth-order valence-electron chi connectivity index (χ4n) is 1.97. The van der Waals surface area contributed by atoms with Gasteiger partial charge in [0.1, 0.15) is 12.4 Å². The van der Waals surface area contributed by atoms with Gasteiger partial charge in [0.2, 0.25) is 0 Å². The van der Waals surface area contributed by atoms with Crippen LogP contribution in [0.1, 0.15) is 32.3 Å². The summed E-state index contributed by atoms with van der Waals surface area (Å²) in [6.07, 6.45) is 5.11. The molecule has 100 valence electrons. The largest absolute Gasteiger partial charge is 0.492 e. The van der Waals surface area contributed by atoms with Crippen LogP contribution in [0.15, 0.2) is 36.9 Å². The third-order valence-corrected chi connectivity index (χ3v) is 3.12. The molecule has 0 aliphatic rings. The Hall–Kier alpha value is -1.28. The van der Waals surface area contributed by atoms with Gasteiger partial charge in [-0.05, 0) is 30.9 Å². The summed E-state index contributed by atoms with van der Waals surface area (Å²) in [5.41, 5.74) is 1.20. The number of allylic oxidation sites excluding steroid dienone is 1. The summed E-state index contributed by atoms with van der Waals surface area (Å²) in [6, 6.07) is 8.77. The lowest BCUT2D eigenvalue weighted by Gasteiger charge is -2.15. The van der Waals surface area contributed by atoms with Gasteiger partial charge in [-0.25, -0.2) is 0 Å². The molecule has 1 aromatic rings. The van der Waals surface area contributed by atoms with Gasteiger partial charge in [0.25, 0.3) is 0 Å². The van der Waals surface area contributed by atoms with Crippen LogP contribution in [0.25, 0.3) is 0 Å². The van der Waals surface area contributed by atoms with Crippen LogP contribution >= 0.6 is 0 Å². The zero-order valence-corrected chi connectivity index (χ0v) is 11.6. The molecule has 2 heteroatoms. The van der Waals surface area contributed by atoms with Crippen LogP contribution in [0, 0.1) is 0 Å². The molecule has 0 radical (unpaired) electrons. The van der Waals surface area contributed by atoms with E-state index in [4.69, 9.17) is 4.74 Å². The Morgan fingerprint density at radius 2 is 2.00 bits per heavy atom. The second-order valence-electron chi connectivity index (χ2n) is 4.42. The molecule has 18 heavy (non-hydrogen) atoms. The summed E-state index contributed by atoms with van der Waals surface area (Å²) in [6.45, 7) is 9.80. The van der Waals surface area contributed by atoms with Gasteiger partial charge in [-0.1, -0.05) is 38.1 Å². The molecule has 0 spiro atoms. The van der Waals surface area contributed by atoms with E-state index in [-0.39, 0.29) is 0 Å². The number of para-hydroxylation sites is 1. The van der Waals surface area contributed by atoms with Crippen LogP contribution in [0.4, 0.5) is 0 Å². The van der Waals surface area contributed by atoms with E-state index in [9.17, 15) is 0 Å². The molecule has 1 N–H and O–H groups in total. The zero-order valence-electron chi connectivity index (χ0n) is 11.6. The summed E-state index contributed by atoms with van der Waals surface area (Å²) in [4.78, 5) is 0. The number of hydrogen-bond acceptors (Lipinski definition) is 2. The first-order valence-electron chi connectivity index (χ1n) is 6.86. The molecular formula is C16H25NO. The SMILES string of the molecule is C=CCc1ccccc1OCCNC(CC)CC. The molecule has 0 saturated carbocycles. The zero-order chi connectivity index (χ0) is 13.2. The molecule has 0 fully saturated rings. The summed E-state index contributed by atoms with van der Waals surface area (Å²) < 4.78 is 5.82. The Kier molecular flexibility index (Phi) is 7.19. The summed E-state index contributed by atoms with van der Waals surface area (Å²) in [5.74, 6) is 0.976. The number of hydrogen-bond donors (Lipinski definition) is 1. The highest BCUT2D eigenvalue weighted by molar-refractivity contribution is 5.34. The van der Waals surface area contributed by atoms with Crippen molar-refractivity contribution in [2.75, 3.05) is 13.2 Å². The minimum Gasteiger partial charge on any atom is -0.492 e. The van der Waals surface area contributed by atoms with Gasteiger partial charge >= 0.3 is 0 Å². The van der Waals surface area contributed by atoms with Crippen LogP contribution in [0.5, 0.6) is 5.75 Å². The first kappa shape index (κ1) is 14.8. The minimum absolute atomic E-state index is 0.608. The lowest BCUT2D eigenvalue weighted by molar-refractivity contribution is 0.300. The van der Waals surface area contributed by atoms with Crippen LogP contribution in [-0.2, 0) is 6.42 Å². The lowest BCUT2D eigenvalue weighted by Crippen LogP contribution is -2.31. The van der Waals surface area contributed by atoms with E-state index in [1.807, 2.05) is 24.3 Å². The highest BCUT2D eigenvalue weighted by atomic mass is 16.5. The minimum atomic E-state index is 0.608. The average Bonchev–Trinajstić information content (AvgIpc) is 2.41. The van der Waals surface area contributed by atoms with Crippen molar-refractivity contribution in [3.63, 3.8) is 0 Å². The van der Waals surface area contributed by atoms with E-state index in [1.165, 1.54) is 18.4 Å². The van der Waals surface area contributed by atoms with Crippen molar-refractivity contribution in [2.24, 2.45) is 0 Å². The van der Waals surface area contributed by atoms with Crippen molar-refractivity contribution in [3.05, 3.63) is 42.5 Å². The smallest absolute Gasteiger partial charge is 0.122 e. The van der Waals surface area contributed by atoms with Crippen LogP contribution in [-0.4, -0.2) is 19.2 Å². The Bertz CT molecular complexity index is 345. The molecule has 2 nitrogen and oxygen atoms in total. The van der Waals surface area contributed by atoms with Crippen molar-refractivity contribution < 1.29 is 4.74 Å². The van der Waals surface area contributed by atoms with E-state index in [0.29, 0.717) is 12.6 Å². The summed E-state index contributed by atoms with van der Waals surface area (Å²) in [5, 5.41) is 3.50. The standard InChI is InChI=1S/C16H25NO/c1-4-9-14-10-7-8-11-16(14)18-13-12-17-15(5-2)6-3/h4,7-8,10-11,15,17H,1,5-6,9,12-13H2,2-3H3. The van der Waals surface area contributed by atoms with Crippen molar-refractivity contribution in [1.29, 1.82) is 0 Å². The van der Waals surface area contributed by atoms with Gasteiger partial charge in [-0.2, -0.15) is 0 Å². The molecule has 0 saturated heterocycles. The number of rotatable bonds is 9. The highest BCUT2D eigenvalue weighted by Gasteiger charge is 2.03. The van der Waals surface area contributed by atoms with E-state index in [2.05, 4.69) is 31.8 Å². The quantitative estimate of drug-likeness (QED) is 0.532. The second kappa shape index (κ2) is 8.76. The van der Waals surface area contributed by atoms with Crippen molar-refractivity contribution >= 4 is 0 Å². The third kappa shape index (κ3) is 4.92. The molecule has 0 aliphatic carbocycles. The van der Waals surface area contributed by atoms with Crippen molar-refractivity contribution in [3.8, 4) is 5.75 Å². The van der Waals surface area contributed by atoms with Gasteiger partial charge in [-0.3, -0.25) is 0 Å². The molecule has 0 unspecified atom stereocenters. The van der Waals surface area contributed by atoms with Crippen molar-refractivity contribution in [1.82, 2.24) is 5.32 Å². The summed E-state index contributed by atoms with van der Waals surface area (Å²) >= 11 is 0. The van der Waals surface area contributed by atoms with Crippen LogP contribution in [0.2, 0.25) is 0 Å². The van der Waals surface area contributed by atoms with E-state index in [0.717, 1.165) is 18.7 Å². The number of benzene rings is 1. The maximum atomic E-state index is 5.82. The third-order valence-electron chi connectivity index (χ3n) is 3.12. The van der Waals surface area contributed by atoms with Gasteiger partial charge in [0, 0.05) is 12.6 Å². The maximum Gasteiger partial charge on any atom is 0.122 e. The normalized spacial score (nSPS) is 10.6. The Labute approximate surface area is 111 Å². The Morgan fingerprint density at radius 1 is 1.28 bits per heavy atom. The van der Waals surface area contributed by atoms with Gasteiger partial charge in [-0.15, -0.1) is 6.58 Å². The first-order valence-corrected chi connectivity index (χ1v) is 6.86. The van der Waals surface area contributed by atoms with E-state index >= 15 is 0 Å². The van der Waals surface area contributed by atoms with Crippen LogP contribution < -0.4 is 10.1 Å². The monoisotopic (exact) mass is 247 g/mol. The molecule has 0 aromatic heterocycles. The van der Waals surface area contributed by atoms with Gasteiger partial charge in [0.05, 0.1) is 0 Å². The van der Waals surface area contributed by atoms with E-state index in [1.54, 1.807) is 0 Å². The highest BCUT2D eigenvalue weighted by Crippen LogP contribution is 2.18. The van der Waals surface area contributed by atoms with Gasteiger partial charge < -0.3 is 10.1 Å². The van der Waals surface area contributed by atoms with Crippen molar-refractivity contribution in [2.45, 2.75) is 39.2 Å². The molecule has 1 aromatic carbocycles. The molecule has 1 rings (SSSR count). The number of ether oxygens (including phenoxy) is 1. The Balaban J connectivity index is 2.36. The van der Waals surface area contributed by atoms with Crippen LogP contribution in [0.3, 0.4) is 0 Å². The molecule has 0 aliphatic heterocycles. The molecule has 0 heterocycles. The molecular weight excluding hydrogens is 222 g/mol. The topological polar surface area (TPSA) is 21.3 Å². The maximum absolute atomic E-state index is 5.82. The fraction of sp³-hybridized carbons (Fsp3) is 0.500. The molecule has 0 bridgehead atoms. The second-order valence-corrected chi connectivity index (χ2v) is 4.42. The van der Waals surface area contributed by atoms with E-state index < -0.39 is 0 Å². The van der Waals surface area contributed by atoms with Gasteiger partial charge in [0.15, 0.2) is 0 Å². The predicted octanol–water partition coefficient (Wildman–Crippen LogP) is 3.57. The summed E-state index contributed by atoms with van der Waals surface area (Å²) in [7, 11) is 0. The first-order chi connectivity index (χ1) is 8.81. The fourth-order valence-corrected chi connectivity index (χ4v) is 1.97. The predicted molar refractivity (Wildman–Crippen MR) is 78.2 cm³/mol.